The normalized spacial score (nSPS) is 13.3. The largest absolute Gasteiger partial charge is 0.458 e. The van der Waals surface area contributed by atoms with Gasteiger partial charge in [0, 0.05) is 12.5 Å². The number of hydrogen-bond donors (Lipinski definition) is 3. The minimum atomic E-state index is -1.55. The first-order chi connectivity index (χ1) is 20.4. The molecular formula is C33H42N4O7. The molecule has 0 bridgehead atoms. The topological polar surface area (TPSA) is 157 Å². The highest BCUT2D eigenvalue weighted by Crippen LogP contribution is 2.26. The zero-order chi connectivity index (χ0) is 33.2. The molecule has 3 unspecified atom stereocenters. The second-order valence-electron chi connectivity index (χ2n) is 12.3. The summed E-state index contributed by atoms with van der Waals surface area (Å²) >= 11 is 0. The van der Waals surface area contributed by atoms with Gasteiger partial charge in [-0.3, -0.25) is 19.3 Å². The zero-order valence-electron chi connectivity index (χ0n) is 26.3. The lowest BCUT2D eigenvalue weighted by molar-refractivity contribution is -0.159. The van der Waals surface area contributed by atoms with Crippen LogP contribution in [-0.2, 0) is 35.1 Å². The molecule has 4 N–H and O–H groups in total. The SMILES string of the molecule is C#CN(C(=O)C(CC(N)=O)NC(=O)OC(C)(C)C)C(C(=O)NC(Cc1ccccc1)C(=O)OC(C)(C)C)c1ccccc1C. The third kappa shape index (κ3) is 11.1. The molecule has 2 aromatic rings. The summed E-state index contributed by atoms with van der Waals surface area (Å²) in [5.41, 5.74) is 5.36. The van der Waals surface area contributed by atoms with Crippen LogP contribution in [0, 0.1) is 19.4 Å². The first-order valence-corrected chi connectivity index (χ1v) is 14.1. The van der Waals surface area contributed by atoms with E-state index in [9.17, 15) is 24.0 Å². The molecule has 11 heteroatoms. The molecular weight excluding hydrogens is 564 g/mol. The van der Waals surface area contributed by atoms with Crippen molar-refractivity contribution in [2.75, 3.05) is 0 Å². The van der Waals surface area contributed by atoms with Crippen molar-refractivity contribution in [3.05, 3.63) is 71.3 Å². The van der Waals surface area contributed by atoms with Gasteiger partial charge in [0.15, 0.2) is 0 Å². The van der Waals surface area contributed by atoms with Gasteiger partial charge < -0.3 is 25.8 Å². The Balaban J connectivity index is 2.55. The van der Waals surface area contributed by atoms with Crippen LogP contribution in [0.2, 0.25) is 0 Å². The van der Waals surface area contributed by atoms with Crippen LogP contribution in [0.15, 0.2) is 54.6 Å². The molecule has 3 atom stereocenters. The van der Waals surface area contributed by atoms with Gasteiger partial charge >= 0.3 is 12.1 Å². The molecule has 0 aromatic heterocycles. The standard InChI is InChI=1S/C33H42N4O7/c1-9-37(29(40)24(20-26(34)38)36-31(42)44-33(6,7)8)27(23-18-14-13-15-21(23)2)28(39)35-25(30(41)43-32(3,4)5)19-22-16-11-10-12-17-22/h1,10-18,24-25,27H,19-20H2,2-8H3,(H2,34,38)(H,35,39)(H,36,42). The van der Waals surface area contributed by atoms with Crippen LogP contribution in [0.25, 0.3) is 0 Å². The van der Waals surface area contributed by atoms with E-state index in [0.717, 1.165) is 10.5 Å². The van der Waals surface area contributed by atoms with E-state index < -0.39 is 65.5 Å². The summed E-state index contributed by atoms with van der Waals surface area (Å²) in [6, 6.07) is 13.8. The third-order valence-electron chi connectivity index (χ3n) is 6.05. The highest BCUT2D eigenvalue weighted by atomic mass is 16.6. The first-order valence-electron chi connectivity index (χ1n) is 14.1. The van der Waals surface area contributed by atoms with E-state index in [0.29, 0.717) is 11.1 Å². The summed E-state index contributed by atoms with van der Waals surface area (Å²) in [6.45, 7) is 11.7. The number of nitrogens with zero attached hydrogens (tertiary/aromatic N) is 1. The van der Waals surface area contributed by atoms with Gasteiger partial charge in [-0.15, -0.1) is 0 Å². The number of esters is 1. The van der Waals surface area contributed by atoms with Crippen molar-refractivity contribution >= 4 is 29.8 Å². The second-order valence-corrected chi connectivity index (χ2v) is 12.3. The van der Waals surface area contributed by atoms with Crippen molar-refractivity contribution < 1.29 is 33.4 Å². The highest BCUT2D eigenvalue weighted by Gasteiger charge is 2.39. The van der Waals surface area contributed by atoms with E-state index in [1.165, 1.54) is 0 Å². The van der Waals surface area contributed by atoms with E-state index in [2.05, 4.69) is 16.7 Å². The summed E-state index contributed by atoms with van der Waals surface area (Å²) in [5.74, 6) is -3.33. The Morgan fingerprint density at radius 1 is 0.864 bits per heavy atom. The molecule has 0 saturated carbocycles. The van der Waals surface area contributed by atoms with Gasteiger partial charge in [0.1, 0.15) is 29.3 Å². The number of nitrogens with one attached hydrogen (secondary N) is 2. The van der Waals surface area contributed by atoms with E-state index in [1.807, 2.05) is 6.07 Å². The quantitative estimate of drug-likeness (QED) is 0.201. The number of carbonyl (C=O) groups is 5. The molecule has 0 aliphatic rings. The predicted octanol–water partition coefficient (Wildman–Crippen LogP) is 3.29. The van der Waals surface area contributed by atoms with Gasteiger partial charge in [-0.2, -0.15) is 0 Å². The molecule has 2 rings (SSSR count). The molecule has 4 amide bonds. The first kappa shape index (κ1) is 35.3. The smallest absolute Gasteiger partial charge is 0.408 e. The van der Waals surface area contributed by atoms with Gasteiger partial charge in [0.05, 0.1) is 6.42 Å². The molecule has 236 valence electrons. The lowest BCUT2D eigenvalue weighted by Gasteiger charge is -2.32. The van der Waals surface area contributed by atoms with Crippen molar-refractivity contribution in [1.29, 1.82) is 0 Å². The van der Waals surface area contributed by atoms with Crippen LogP contribution in [-0.4, -0.2) is 58.0 Å². The number of alkyl carbamates (subject to hydrolysis) is 1. The predicted molar refractivity (Wildman–Crippen MR) is 164 cm³/mol. The molecule has 0 aliphatic carbocycles. The van der Waals surface area contributed by atoms with Gasteiger partial charge in [0.25, 0.3) is 5.91 Å². The van der Waals surface area contributed by atoms with Crippen LogP contribution in [0.3, 0.4) is 0 Å². The van der Waals surface area contributed by atoms with Crippen molar-refractivity contribution in [2.45, 2.75) is 90.6 Å². The van der Waals surface area contributed by atoms with Crippen LogP contribution in [0.5, 0.6) is 0 Å². The molecule has 2 aromatic carbocycles. The minimum absolute atomic E-state index is 0.0937. The Bertz CT molecular complexity index is 1390. The number of terminal acetylenes is 1. The van der Waals surface area contributed by atoms with Crippen molar-refractivity contribution in [2.24, 2.45) is 5.73 Å². The van der Waals surface area contributed by atoms with Gasteiger partial charge in [-0.1, -0.05) is 61.0 Å². The fourth-order valence-electron chi connectivity index (χ4n) is 4.24. The second kappa shape index (κ2) is 15.0. The van der Waals surface area contributed by atoms with Gasteiger partial charge in [0.2, 0.25) is 11.8 Å². The zero-order valence-corrected chi connectivity index (χ0v) is 26.3. The van der Waals surface area contributed by atoms with E-state index in [-0.39, 0.29) is 6.42 Å². The molecule has 0 spiro atoms. The number of primary amides is 1. The van der Waals surface area contributed by atoms with Crippen LogP contribution >= 0.6 is 0 Å². The maximum absolute atomic E-state index is 14.1. The van der Waals surface area contributed by atoms with Gasteiger partial charge in [-0.25, -0.2) is 9.59 Å². The summed E-state index contributed by atoms with van der Waals surface area (Å²) in [5, 5.41) is 5.07. The Labute approximate surface area is 258 Å². The van der Waals surface area contributed by atoms with E-state index in [1.54, 1.807) is 97.0 Å². The molecule has 44 heavy (non-hydrogen) atoms. The average Bonchev–Trinajstić information content (AvgIpc) is 2.89. The number of ether oxygens (including phenoxy) is 2. The molecule has 0 radical (unpaired) electrons. The summed E-state index contributed by atoms with van der Waals surface area (Å²) in [6.07, 6.45) is 4.31. The molecule has 0 saturated heterocycles. The number of nitrogens with two attached hydrogens (primary N) is 1. The molecule has 0 heterocycles. The van der Waals surface area contributed by atoms with E-state index in [4.69, 9.17) is 21.6 Å². The summed E-state index contributed by atoms with van der Waals surface area (Å²) < 4.78 is 10.8. The Morgan fingerprint density at radius 2 is 1.43 bits per heavy atom. The number of hydrogen-bond acceptors (Lipinski definition) is 7. The fraction of sp³-hybridized carbons (Fsp3) is 0.424. The minimum Gasteiger partial charge on any atom is -0.458 e. The number of carbonyl (C=O) groups excluding carboxylic acids is 5. The maximum Gasteiger partial charge on any atom is 0.408 e. The molecule has 11 nitrogen and oxygen atoms in total. The van der Waals surface area contributed by atoms with Crippen LogP contribution in [0.4, 0.5) is 4.79 Å². The van der Waals surface area contributed by atoms with E-state index >= 15 is 0 Å². The van der Waals surface area contributed by atoms with Crippen LogP contribution < -0.4 is 16.4 Å². The number of amides is 4. The number of rotatable bonds is 11. The highest BCUT2D eigenvalue weighted by molar-refractivity contribution is 5.96. The Morgan fingerprint density at radius 3 is 1.95 bits per heavy atom. The summed E-state index contributed by atoms with van der Waals surface area (Å²) in [7, 11) is 0. The summed E-state index contributed by atoms with van der Waals surface area (Å²) in [4.78, 5) is 66.5. The van der Waals surface area contributed by atoms with Crippen molar-refractivity contribution in [3.8, 4) is 12.5 Å². The van der Waals surface area contributed by atoms with Gasteiger partial charge in [-0.05, 0) is 65.2 Å². The maximum atomic E-state index is 14.1. The van der Waals surface area contributed by atoms with Crippen molar-refractivity contribution in [1.82, 2.24) is 15.5 Å². The molecule has 0 aliphatic heterocycles. The number of aryl methyl sites for hydroxylation is 1. The monoisotopic (exact) mass is 606 g/mol. The van der Waals surface area contributed by atoms with Crippen molar-refractivity contribution in [3.63, 3.8) is 0 Å². The Kier molecular flexibility index (Phi) is 12.1. The fourth-order valence-corrected chi connectivity index (χ4v) is 4.24. The van der Waals surface area contributed by atoms with Crippen LogP contribution in [0.1, 0.15) is 70.7 Å². The lowest BCUT2D eigenvalue weighted by atomic mass is 9.97. The number of benzene rings is 2. The third-order valence-corrected chi connectivity index (χ3v) is 6.05. The Hall–Kier alpha value is -4.85. The molecule has 0 fully saturated rings. The average molecular weight is 607 g/mol. The lowest BCUT2D eigenvalue weighted by Crippen LogP contribution is -2.54.